The van der Waals surface area contributed by atoms with Crippen LogP contribution < -0.4 is 0 Å². The van der Waals surface area contributed by atoms with Crippen LogP contribution in [-0.2, 0) is 4.79 Å². The van der Waals surface area contributed by atoms with E-state index in [9.17, 15) is 14.9 Å². The average Bonchev–Trinajstić information content (AvgIpc) is 2.44. The van der Waals surface area contributed by atoms with Crippen LogP contribution in [0.3, 0.4) is 0 Å². The van der Waals surface area contributed by atoms with Crippen molar-refractivity contribution < 1.29 is 9.72 Å². The van der Waals surface area contributed by atoms with E-state index in [1.807, 2.05) is 0 Å². The molecular weight excluding hydrogens is 146 g/mol. The van der Waals surface area contributed by atoms with Crippen LogP contribution in [0, 0.1) is 22.0 Å². The molecule has 0 spiro atoms. The number of ketones is 1. The van der Waals surface area contributed by atoms with Crippen molar-refractivity contribution in [2.24, 2.45) is 11.8 Å². The largest absolute Gasteiger partial charge is 0.292 e. The molecule has 2 saturated carbocycles. The second-order valence-corrected chi connectivity index (χ2v) is 3.40. The predicted molar refractivity (Wildman–Crippen MR) is 36.6 cm³/mol. The Balaban J connectivity index is 2.24. The van der Waals surface area contributed by atoms with Gasteiger partial charge in [0.25, 0.3) is 6.04 Å². The lowest BCUT2D eigenvalue weighted by Gasteiger charge is -2.12. The first-order valence-corrected chi connectivity index (χ1v) is 3.87. The van der Waals surface area contributed by atoms with Gasteiger partial charge < -0.3 is 0 Å². The Bertz CT molecular complexity index is 226. The third kappa shape index (κ3) is 0.783. The van der Waals surface area contributed by atoms with Gasteiger partial charge in [0.2, 0.25) is 5.78 Å². The molecule has 0 aromatic rings. The topological polar surface area (TPSA) is 60.2 Å². The summed E-state index contributed by atoms with van der Waals surface area (Å²) in [5.74, 6) is -0.0378. The summed E-state index contributed by atoms with van der Waals surface area (Å²) in [6.07, 6.45) is 2.53. The zero-order valence-electron chi connectivity index (χ0n) is 6.03. The first-order valence-electron chi connectivity index (χ1n) is 3.87. The number of hydrogen-bond acceptors (Lipinski definition) is 3. The van der Waals surface area contributed by atoms with E-state index in [1.54, 1.807) is 0 Å². The Hall–Kier alpha value is -0.930. The molecule has 3 atom stereocenters. The van der Waals surface area contributed by atoms with Crippen molar-refractivity contribution in [3.05, 3.63) is 10.1 Å². The van der Waals surface area contributed by atoms with Crippen LogP contribution >= 0.6 is 0 Å². The average molecular weight is 155 g/mol. The van der Waals surface area contributed by atoms with Crippen LogP contribution in [0.4, 0.5) is 0 Å². The van der Waals surface area contributed by atoms with Crippen molar-refractivity contribution in [1.82, 2.24) is 0 Å². The van der Waals surface area contributed by atoms with Crippen molar-refractivity contribution in [2.45, 2.75) is 25.3 Å². The van der Waals surface area contributed by atoms with Crippen LogP contribution in [0.2, 0.25) is 0 Å². The highest BCUT2D eigenvalue weighted by molar-refractivity contribution is 5.88. The third-order valence-electron chi connectivity index (χ3n) is 2.84. The summed E-state index contributed by atoms with van der Waals surface area (Å²) in [6, 6.07) is -0.853. The molecule has 0 N–H and O–H groups in total. The number of Topliss-reactive ketones (excluding diaryl/α,β-unsaturated/α-hetero) is 1. The maximum absolute atomic E-state index is 11.2. The molecule has 3 unspecified atom stereocenters. The Morgan fingerprint density at radius 1 is 1.45 bits per heavy atom. The van der Waals surface area contributed by atoms with Crippen molar-refractivity contribution >= 4 is 5.78 Å². The lowest BCUT2D eigenvalue weighted by atomic mass is 9.95. The van der Waals surface area contributed by atoms with Gasteiger partial charge in [0, 0.05) is 16.8 Å². The van der Waals surface area contributed by atoms with Crippen molar-refractivity contribution in [2.75, 3.05) is 0 Å². The summed E-state index contributed by atoms with van der Waals surface area (Å²) >= 11 is 0. The smallest absolute Gasteiger partial charge is 0.273 e. The van der Waals surface area contributed by atoms with Crippen LogP contribution in [0.15, 0.2) is 0 Å². The second kappa shape index (κ2) is 2.03. The summed E-state index contributed by atoms with van der Waals surface area (Å²) < 4.78 is 0. The molecule has 60 valence electrons. The molecule has 4 nitrogen and oxygen atoms in total. The molecule has 11 heavy (non-hydrogen) atoms. The van der Waals surface area contributed by atoms with E-state index in [0.29, 0.717) is 0 Å². The Kier molecular flexibility index (Phi) is 1.25. The molecule has 2 bridgehead atoms. The molecule has 2 fully saturated rings. The molecule has 0 saturated heterocycles. The van der Waals surface area contributed by atoms with Gasteiger partial charge in [-0.2, -0.15) is 0 Å². The van der Waals surface area contributed by atoms with E-state index in [0.717, 1.165) is 19.3 Å². The fourth-order valence-electron chi connectivity index (χ4n) is 2.31. The highest BCUT2D eigenvalue weighted by atomic mass is 16.6. The van der Waals surface area contributed by atoms with E-state index in [1.165, 1.54) is 0 Å². The molecule has 2 aliphatic carbocycles. The maximum atomic E-state index is 11.2. The second-order valence-electron chi connectivity index (χ2n) is 3.40. The zero-order valence-corrected chi connectivity index (χ0v) is 6.03. The summed E-state index contributed by atoms with van der Waals surface area (Å²) in [5.41, 5.74) is 0. The Morgan fingerprint density at radius 2 is 2.18 bits per heavy atom. The number of hydrogen-bond donors (Lipinski definition) is 0. The number of carbonyl (C=O) groups is 1. The Morgan fingerprint density at radius 3 is 2.55 bits per heavy atom. The molecule has 0 aliphatic heterocycles. The van der Waals surface area contributed by atoms with Crippen molar-refractivity contribution in [3.8, 4) is 0 Å². The molecule has 0 heterocycles. The van der Waals surface area contributed by atoms with E-state index in [2.05, 4.69) is 0 Å². The summed E-state index contributed by atoms with van der Waals surface area (Å²) in [6.45, 7) is 0. The van der Waals surface area contributed by atoms with E-state index in [-0.39, 0.29) is 17.6 Å². The van der Waals surface area contributed by atoms with E-state index < -0.39 is 11.0 Å². The minimum atomic E-state index is -0.853. The van der Waals surface area contributed by atoms with Gasteiger partial charge in [-0.15, -0.1) is 0 Å². The molecule has 0 radical (unpaired) electrons. The van der Waals surface area contributed by atoms with Gasteiger partial charge in [-0.25, -0.2) is 0 Å². The number of rotatable bonds is 1. The number of carbonyl (C=O) groups excluding carboxylic acids is 1. The molecule has 4 heteroatoms. The fraction of sp³-hybridized carbons (Fsp3) is 0.857. The molecular formula is C7H9NO3. The highest BCUT2D eigenvalue weighted by Gasteiger charge is 2.53. The van der Waals surface area contributed by atoms with E-state index >= 15 is 0 Å². The summed E-state index contributed by atoms with van der Waals surface area (Å²) in [4.78, 5) is 21.1. The SMILES string of the molecule is O=C1C2CCC(C2)C1[N+](=O)[O-]. The van der Waals surface area contributed by atoms with Crippen LogP contribution in [-0.4, -0.2) is 16.7 Å². The monoisotopic (exact) mass is 155 g/mol. The summed E-state index contributed by atoms with van der Waals surface area (Å²) in [5, 5.41) is 10.4. The fourth-order valence-corrected chi connectivity index (χ4v) is 2.31. The van der Waals surface area contributed by atoms with Gasteiger partial charge in [0.05, 0.1) is 0 Å². The molecule has 0 amide bonds. The van der Waals surface area contributed by atoms with Gasteiger partial charge in [0.15, 0.2) is 0 Å². The normalized spacial score (nSPS) is 41.5. The van der Waals surface area contributed by atoms with Gasteiger partial charge in [-0.1, -0.05) is 0 Å². The number of nitro groups is 1. The standard InChI is InChI=1S/C7H9NO3/c9-7-5-2-1-4(3-5)6(7)8(10)11/h4-6H,1-3H2. The third-order valence-corrected chi connectivity index (χ3v) is 2.84. The first kappa shape index (κ1) is 6.76. The van der Waals surface area contributed by atoms with Gasteiger partial charge >= 0.3 is 0 Å². The van der Waals surface area contributed by atoms with Crippen LogP contribution in [0.25, 0.3) is 0 Å². The van der Waals surface area contributed by atoms with Gasteiger partial charge in [-0.3, -0.25) is 14.9 Å². The minimum Gasteiger partial charge on any atom is -0.292 e. The Labute approximate surface area is 63.7 Å². The quantitative estimate of drug-likeness (QED) is 0.412. The zero-order chi connectivity index (χ0) is 8.01. The molecule has 0 aromatic carbocycles. The van der Waals surface area contributed by atoms with Gasteiger partial charge in [0.1, 0.15) is 0 Å². The van der Waals surface area contributed by atoms with Crippen LogP contribution in [0.5, 0.6) is 0 Å². The number of fused-ring (bicyclic) bond motifs is 2. The summed E-state index contributed by atoms with van der Waals surface area (Å²) in [7, 11) is 0. The lowest BCUT2D eigenvalue weighted by Crippen LogP contribution is -2.34. The minimum absolute atomic E-state index is 0.0235. The predicted octanol–water partition coefficient (Wildman–Crippen LogP) is 0.631. The maximum Gasteiger partial charge on any atom is 0.273 e. The van der Waals surface area contributed by atoms with Crippen LogP contribution in [0.1, 0.15) is 19.3 Å². The van der Waals surface area contributed by atoms with Gasteiger partial charge in [-0.05, 0) is 19.3 Å². The molecule has 0 aromatic heterocycles. The molecule has 2 aliphatic rings. The molecule has 2 rings (SSSR count). The van der Waals surface area contributed by atoms with E-state index in [4.69, 9.17) is 0 Å². The first-order chi connectivity index (χ1) is 5.20. The lowest BCUT2D eigenvalue weighted by molar-refractivity contribution is -0.514. The number of nitrogens with zero attached hydrogens (tertiary/aromatic N) is 1. The van der Waals surface area contributed by atoms with Crippen molar-refractivity contribution in [1.29, 1.82) is 0 Å². The highest BCUT2D eigenvalue weighted by Crippen LogP contribution is 2.43. The van der Waals surface area contributed by atoms with Crippen molar-refractivity contribution in [3.63, 3.8) is 0 Å².